The van der Waals surface area contributed by atoms with E-state index in [1.807, 2.05) is 40.0 Å². The highest BCUT2D eigenvalue weighted by Gasteiger charge is 2.49. The molecule has 0 aromatic heterocycles. The highest BCUT2D eigenvalue weighted by molar-refractivity contribution is 6.30. The first kappa shape index (κ1) is 45.0. The minimum Gasteiger partial charge on any atom is -0.341 e. The third-order valence-electron chi connectivity index (χ3n) is 7.05. The van der Waals surface area contributed by atoms with Gasteiger partial charge in [-0.05, 0) is 80.3 Å². The number of nitrogens with one attached hydrogen (secondary N) is 5. The van der Waals surface area contributed by atoms with E-state index in [2.05, 4.69) is 92.0 Å². The lowest BCUT2D eigenvalue weighted by molar-refractivity contribution is -0.150. The van der Waals surface area contributed by atoms with Gasteiger partial charge in [-0.15, -0.1) is 0 Å². The van der Waals surface area contributed by atoms with Crippen molar-refractivity contribution in [2.75, 3.05) is 24.8 Å². The molecular weight excluding hydrogens is 640 g/mol. The van der Waals surface area contributed by atoms with Crippen LogP contribution < -0.4 is 26.7 Å². The predicted octanol–water partition coefficient (Wildman–Crippen LogP) is 8.20. The second kappa shape index (κ2) is 20.5. The fourth-order valence-corrected chi connectivity index (χ4v) is 5.32. The molecule has 4 amide bonds. The number of amides is 4. The molecule has 2 aromatic rings. The lowest BCUT2D eigenvalue weighted by Crippen LogP contribution is -2.56. The molecule has 3 rings (SSSR count). The first-order chi connectivity index (χ1) is 22.6. The fraction of sp³-hybridized carbons (Fsp3) is 0.500. The van der Waals surface area contributed by atoms with Gasteiger partial charge in [0, 0.05) is 40.5 Å². The van der Waals surface area contributed by atoms with E-state index in [-0.39, 0.29) is 28.7 Å². The molecule has 1 unspecified atom stereocenters. The summed E-state index contributed by atoms with van der Waals surface area (Å²) in [6, 6.07) is 14.9. The number of hydrogen-bond donors (Lipinski definition) is 5. The molecule has 11 heteroatoms. The lowest BCUT2D eigenvalue weighted by Gasteiger charge is -2.43. The SMILES string of the molecule is C=C/C(=N\Nc1cccc(CNC)c1)C(C)(C)C.CC(C)(C)CC1(C)CC(C)(C)C(=O)NC1=O.CC=O.CNC(=O)Nc1ccc(Cl)cc1. The van der Waals surface area contributed by atoms with Crippen molar-refractivity contribution >= 4 is 52.8 Å². The van der Waals surface area contributed by atoms with E-state index >= 15 is 0 Å². The maximum atomic E-state index is 12.0. The molecule has 1 saturated heterocycles. The summed E-state index contributed by atoms with van der Waals surface area (Å²) in [5.74, 6) is -0.268. The fourth-order valence-electron chi connectivity index (χ4n) is 5.20. The van der Waals surface area contributed by atoms with E-state index in [4.69, 9.17) is 16.4 Å². The number of urea groups is 1. The topological polar surface area (TPSA) is 141 Å². The van der Waals surface area contributed by atoms with Gasteiger partial charge in [0.2, 0.25) is 11.8 Å². The summed E-state index contributed by atoms with van der Waals surface area (Å²) in [5.41, 5.74) is 6.18. The zero-order chi connectivity index (χ0) is 38.1. The van der Waals surface area contributed by atoms with E-state index in [0.29, 0.717) is 11.4 Å². The second-order valence-corrected chi connectivity index (χ2v) is 15.3. The third kappa shape index (κ3) is 17.8. The van der Waals surface area contributed by atoms with Gasteiger partial charge in [-0.1, -0.05) is 92.6 Å². The molecule has 1 fully saturated rings. The van der Waals surface area contributed by atoms with E-state index in [1.165, 1.54) is 12.5 Å². The number of halogens is 1. The average molecular weight is 699 g/mol. The maximum absolute atomic E-state index is 12.0. The van der Waals surface area contributed by atoms with Crippen molar-refractivity contribution in [2.45, 2.75) is 88.6 Å². The van der Waals surface area contributed by atoms with Gasteiger partial charge in [0.25, 0.3) is 0 Å². The van der Waals surface area contributed by atoms with Crippen LogP contribution in [-0.4, -0.2) is 43.9 Å². The zero-order valence-electron chi connectivity index (χ0n) is 31.6. The summed E-state index contributed by atoms with van der Waals surface area (Å²) in [6.45, 7) is 24.6. The number of nitrogens with zero attached hydrogens (tertiary/aromatic N) is 1. The molecule has 10 nitrogen and oxygen atoms in total. The molecule has 1 atom stereocenters. The number of carbonyl (C=O) groups excluding carboxylic acids is 4. The van der Waals surface area contributed by atoms with Gasteiger partial charge in [-0.2, -0.15) is 5.10 Å². The van der Waals surface area contributed by atoms with Gasteiger partial charge in [0.05, 0.1) is 11.4 Å². The number of anilines is 2. The number of allylic oxidation sites excluding steroid dienone is 1. The van der Waals surface area contributed by atoms with Gasteiger partial charge < -0.3 is 20.7 Å². The van der Waals surface area contributed by atoms with E-state index in [9.17, 15) is 14.4 Å². The third-order valence-corrected chi connectivity index (χ3v) is 7.30. The van der Waals surface area contributed by atoms with Crippen molar-refractivity contribution in [3.63, 3.8) is 0 Å². The summed E-state index contributed by atoms with van der Waals surface area (Å²) in [7, 11) is 3.50. The summed E-state index contributed by atoms with van der Waals surface area (Å²) in [5, 5.41) is 15.8. The van der Waals surface area contributed by atoms with Crippen molar-refractivity contribution in [1.29, 1.82) is 0 Å². The normalized spacial score (nSPS) is 16.9. The Bertz CT molecular complexity index is 1410. The summed E-state index contributed by atoms with van der Waals surface area (Å²) >= 11 is 5.65. The summed E-state index contributed by atoms with van der Waals surface area (Å²) in [4.78, 5) is 43.2. The van der Waals surface area contributed by atoms with Crippen LogP contribution in [0.2, 0.25) is 5.02 Å². The minimum atomic E-state index is -0.450. The number of hydrazone groups is 1. The van der Waals surface area contributed by atoms with E-state index in [0.717, 1.165) is 36.3 Å². The molecule has 5 N–H and O–H groups in total. The van der Waals surface area contributed by atoms with Gasteiger partial charge in [0.15, 0.2) is 0 Å². The Balaban J connectivity index is 0.000000688. The van der Waals surface area contributed by atoms with Crippen molar-refractivity contribution in [3.8, 4) is 0 Å². The first-order valence-corrected chi connectivity index (χ1v) is 16.7. The molecule has 2 aromatic carbocycles. The van der Waals surface area contributed by atoms with Crippen LogP contribution in [0.4, 0.5) is 16.2 Å². The number of benzene rings is 2. The predicted molar refractivity (Wildman–Crippen MR) is 205 cm³/mol. The van der Waals surface area contributed by atoms with Crippen LogP contribution in [0, 0.1) is 21.7 Å². The Morgan fingerprint density at radius 2 is 1.55 bits per heavy atom. The maximum Gasteiger partial charge on any atom is 0.318 e. The molecule has 0 aliphatic carbocycles. The van der Waals surface area contributed by atoms with Crippen molar-refractivity contribution in [3.05, 3.63) is 71.8 Å². The monoisotopic (exact) mass is 698 g/mol. The van der Waals surface area contributed by atoms with Gasteiger partial charge in [-0.3, -0.25) is 20.3 Å². The molecule has 0 saturated carbocycles. The van der Waals surface area contributed by atoms with Crippen LogP contribution >= 0.6 is 11.6 Å². The summed E-state index contributed by atoms with van der Waals surface area (Å²) in [6.07, 6.45) is 3.97. The van der Waals surface area contributed by atoms with Crippen LogP contribution in [-0.2, 0) is 20.9 Å². The molecule has 0 spiro atoms. The zero-order valence-corrected chi connectivity index (χ0v) is 32.3. The highest BCUT2D eigenvalue weighted by Crippen LogP contribution is 2.44. The highest BCUT2D eigenvalue weighted by atomic mass is 35.5. The molecule has 1 heterocycles. The van der Waals surface area contributed by atoms with E-state index in [1.54, 1.807) is 37.4 Å². The van der Waals surface area contributed by atoms with E-state index < -0.39 is 10.8 Å². The number of carbonyl (C=O) groups is 4. The Morgan fingerprint density at radius 3 is 2.02 bits per heavy atom. The van der Waals surface area contributed by atoms with Crippen molar-refractivity contribution < 1.29 is 19.2 Å². The number of hydrogen-bond acceptors (Lipinski definition) is 7. The van der Waals surface area contributed by atoms with Crippen molar-refractivity contribution in [2.24, 2.45) is 26.8 Å². The van der Waals surface area contributed by atoms with Crippen molar-refractivity contribution in [1.82, 2.24) is 16.0 Å². The molecule has 49 heavy (non-hydrogen) atoms. The van der Waals surface area contributed by atoms with Gasteiger partial charge in [-0.25, -0.2) is 4.79 Å². The lowest BCUT2D eigenvalue weighted by atomic mass is 9.64. The number of rotatable bonds is 7. The largest absolute Gasteiger partial charge is 0.341 e. The molecule has 272 valence electrons. The molecule has 1 aliphatic rings. The molecular formula is C38H59ClN6O4. The van der Waals surface area contributed by atoms with Gasteiger partial charge >= 0.3 is 6.03 Å². The van der Waals surface area contributed by atoms with Crippen LogP contribution in [0.3, 0.4) is 0 Å². The Hall–Kier alpha value is -4.02. The Labute approximate surface area is 299 Å². The number of aldehydes is 1. The smallest absolute Gasteiger partial charge is 0.318 e. The Kier molecular flexibility index (Phi) is 18.8. The van der Waals surface area contributed by atoms with Crippen LogP contribution in [0.15, 0.2) is 66.3 Å². The van der Waals surface area contributed by atoms with Gasteiger partial charge in [0.1, 0.15) is 6.29 Å². The molecule has 0 bridgehead atoms. The number of imide groups is 1. The van der Waals surface area contributed by atoms with Crippen LogP contribution in [0.1, 0.15) is 87.6 Å². The molecule has 0 radical (unpaired) electrons. The Morgan fingerprint density at radius 1 is 0.980 bits per heavy atom. The average Bonchev–Trinajstić information content (AvgIpc) is 2.97. The standard InChI is InChI=1S/C15H23N3.C13H23NO2.C8H9ClN2O.C2H4O/c1-6-14(15(2,3)4)18-17-13-9-7-8-12(10-13)11-16-5;1-11(2,3)7-13(6)8-12(4,5)9(15)14-10(13)16;1-10-8(12)11-7-4-2-6(9)3-5-7;1-2-3/h6-10,16-17H,1,11H2,2-5H3;7-8H2,1-6H3,(H,14,15,16);2-5H,1H3,(H2,10,11,12);2H,1H3/b18-14+;;;. The second-order valence-electron chi connectivity index (χ2n) is 14.9. The minimum absolute atomic E-state index is 0.00264. The van der Waals surface area contributed by atoms with Crippen LogP contribution in [0.5, 0.6) is 0 Å². The van der Waals surface area contributed by atoms with Crippen LogP contribution in [0.25, 0.3) is 0 Å². The molecule has 1 aliphatic heterocycles. The number of piperidine rings is 1. The summed E-state index contributed by atoms with van der Waals surface area (Å²) < 4.78 is 0. The first-order valence-electron chi connectivity index (χ1n) is 16.3. The quantitative estimate of drug-likeness (QED) is 0.0855.